The van der Waals surface area contributed by atoms with Gasteiger partial charge < -0.3 is 0 Å². The second-order valence-electron chi connectivity index (χ2n) is 3.51. The van der Waals surface area contributed by atoms with Crippen molar-refractivity contribution >= 4 is 11.6 Å². The van der Waals surface area contributed by atoms with E-state index >= 15 is 0 Å². The first-order valence-corrected chi connectivity index (χ1v) is 5.09. The van der Waals surface area contributed by atoms with Crippen LogP contribution in [0.15, 0.2) is 24.5 Å². The van der Waals surface area contributed by atoms with Gasteiger partial charge in [0.25, 0.3) is 5.95 Å². The minimum absolute atomic E-state index is 0.340. The van der Waals surface area contributed by atoms with Gasteiger partial charge in [-0.1, -0.05) is 25.4 Å². The minimum Gasteiger partial charge on any atom is -0.220 e. The maximum Gasteiger partial charge on any atom is 0.251 e. The van der Waals surface area contributed by atoms with E-state index in [4.69, 9.17) is 11.6 Å². The zero-order valence-corrected chi connectivity index (χ0v) is 9.31. The van der Waals surface area contributed by atoms with Crippen LogP contribution in [0, 0.1) is 0 Å². The summed E-state index contributed by atoms with van der Waals surface area (Å²) in [4.78, 5) is 8.17. The first-order valence-electron chi connectivity index (χ1n) is 4.71. The highest BCUT2D eigenvalue weighted by atomic mass is 35.5. The van der Waals surface area contributed by atoms with Crippen LogP contribution >= 0.6 is 11.6 Å². The molecule has 2 aromatic heterocycles. The average molecular weight is 223 g/mol. The van der Waals surface area contributed by atoms with Gasteiger partial charge in [-0.2, -0.15) is 9.78 Å². The van der Waals surface area contributed by atoms with Gasteiger partial charge in [0, 0.05) is 12.4 Å². The van der Waals surface area contributed by atoms with Crippen molar-refractivity contribution in [2.75, 3.05) is 0 Å². The lowest BCUT2D eigenvalue weighted by atomic mass is 10.1. The first kappa shape index (κ1) is 10.1. The van der Waals surface area contributed by atoms with E-state index in [9.17, 15) is 0 Å². The van der Waals surface area contributed by atoms with Crippen molar-refractivity contribution in [3.63, 3.8) is 0 Å². The van der Waals surface area contributed by atoms with Gasteiger partial charge in [-0.05, 0) is 18.1 Å². The summed E-state index contributed by atoms with van der Waals surface area (Å²) >= 11 is 6.04. The molecule has 0 aliphatic carbocycles. The van der Waals surface area contributed by atoms with E-state index in [-0.39, 0.29) is 0 Å². The third-order valence-corrected chi connectivity index (χ3v) is 2.29. The van der Waals surface area contributed by atoms with E-state index in [0.29, 0.717) is 17.0 Å². The van der Waals surface area contributed by atoms with Crippen LogP contribution in [0.25, 0.3) is 5.95 Å². The van der Waals surface area contributed by atoms with Crippen LogP contribution in [0.2, 0.25) is 5.15 Å². The molecule has 5 heteroatoms. The van der Waals surface area contributed by atoms with Crippen LogP contribution < -0.4 is 0 Å². The Morgan fingerprint density at radius 1 is 1.27 bits per heavy atom. The topological polar surface area (TPSA) is 43.6 Å². The van der Waals surface area contributed by atoms with Gasteiger partial charge in [0.2, 0.25) is 0 Å². The van der Waals surface area contributed by atoms with Crippen molar-refractivity contribution in [3.05, 3.63) is 35.4 Å². The van der Waals surface area contributed by atoms with Gasteiger partial charge in [0.1, 0.15) is 5.15 Å². The van der Waals surface area contributed by atoms with Gasteiger partial charge in [-0.25, -0.2) is 9.97 Å². The molecule has 0 aliphatic rings. The van der Waals surface area contributed by atoms with Gasteiger partial charge in [-0.15, -0.1) is 0 Å². The lowest BCUT2D eigenvalue weighted by Crippen LogP contribution is -2.02. The number of aromatic nitrogens is 4. The molecule has 0 unspecified atom stereocenters. The summed E-state index contributed by atoms with van der Waals surface area (Å²) in [7, 11) is 0. The van der Waals surface area contributed by atoms with E-state index in [1.807, 2.05) is 6.07 Å². The van der Waals surface area contributed by atoms with E-state index in [0.717, 1.165) is 5.69 Å². The molecule has 2 aromatic rings. The summed E-state index contributed by atoms with van der Waals surface area (Å²) in [6, 6.07) is 3.59. The zero-order valence-electron chi connectivity index (χ0n) is 8.55. The highest BCUT2D eigenvalue weighted by Gasteiger charge is 2.11. The lowest BCUT2D eigenvalue weighted by Gasteiger charge is -1.99. The largest absolute Gasteiger partial charge is 0.251 e. The maximum absolute atomic E-state index is 6.04. The summed E-state index contributed by atoms with van der Waals surface area (Å²) in [6.07, 6.45) is 3.32. The molecule has 0 atom stereocenters. The Bertz CT molecular complexity index is 450. The number of halogens is 1. The summed E-state index contributed by atoms with van der Waals surface area (Å²) in [5.74, 6) is 0.835. The van der Waals surface area contributed by atoms with Gasteiger partial charge in [0.05, 0.1) is 5.69 Å². The van der Waals surface area contributed by atoms with Crippen molar-refractivity contribution < 1.29 is 0 Å². The van der Waals surface area contributed by atoms with Crippen LogP contribution in [-0.2, 0) is 0 Å². The molecule has 0 aliphatic heterocycles. The maximum atomic E-state index is 6.04. The minimum atomic E-state index is 0.340. The van der Waals surface area contributed by atoms with Crippen molar-refractivity contribution in [2.45, 2.75) is 19.8 Å². The summed E-state index contributed by atoms with van der Waals surface area (Å²) < 4.78 is 1.54. The fourth-order valence-electron chi connectivity index (χ4n) is 1.20. The Kier molecular flexibility index (Phi) is 2.68. The molecule has 0 spiro atoms. The van der Waals surface area contributed by atoms with Gasteiger partial charge in [0.15, 0.2) is 0 Å². The molecule has 0 amide bonds. The molecule has 0 aromatic carbocycles. The van der Waals surface area contributed by atoms with Crippen LogP contribution in [0.1, 0.15) is 25.5 Å². The predicted molar refractivity (Wildman–Crippen MR) is 58.3 cm³/mol. The average Bonchev–Trinajstić information content (AvgIpc) is 2.62. The summed E-state index contributed by atoms with van der Waals surface area (Å²) in [5, 5.41) is 4.87. The molecule has 0 saturated heterocycles. The van der Waals surface area contributed by atoms with Gasteiger partial charge >= 0.3 is 0 Å². The molecular weight excluding hydrogens is 212 g/mol. The van der Waals surface area contributed by atoms with Crippen LogP contribution in [0.5, 0.6) is 0 Å². The van der Waals surface area contributed by atoms with Crippen molar-refractivity contribution in [1.29, 1.82) is 0 Å². The Morgan fingerprint density at radius 2 is 1.93 bits per heavy atom. The molecule has 2 heterocycles. The second-order valence-corrected chi connectivity index (χ2v) is 3.89. The molecule has 4 nitrogen and oxygen atoms in total. The fraction of sp³-hybridized carbons (Fsp3) is 0.300. The Labute approximate surface area is 92.9 Å². The smallest absolute Gasteiger partial charge is 0.220 e. The highest BCUT2D eigenvalue weighted by Crippen LogP contribution is 2.19. The molecule has 2 rings (SSSR count). The molecule has 0 radical (unpaired) electrons. The number of nitrogens with zero attached hydrogens (tertiary/aromatic N) is 4. The molecule has 0 bridgehead atoms. The van der Waals surface area contributed by atoms with Crippen molar-refractivity contribution in [3.8, 4) is 5.95 Å². The summed E-state index contributed by atoms with van der Waals surface area (Å²) in [6.45, 7) is 4.13. The zero-order chi connectivity index (χ0) is 10.8. The SMILES string of the molecule is CC(C)c1cc(Cl)n(-c2ncccn2)n1. The lowest BCUT2D eigenvalue weighted by molar-refractivity contribution is 0.742. The molecule has 15 heavy (non-hydrogen) atoms. The van der Waals surface area contributed by atoms with Gasteiger partial charge in [-0.3, -0.25) is 0 Å². The van der Waals surface area contributed by atoms with Crippen molar-refractivity contribution in [2.24, 2.45) is 0 Å². The van der Waals surface area contributed by atoms with Crippen LogP contribution in [0.3, 0.4) is 0 Å². The fourth-order valence-corrected chi connectivity index (χ4v) is 1.42. The first-order chi connectivity index (χ1) is 7.18. The van der Waals surface area contributed by atoms with Crippen molar-refractivity contribution in [1.82, 2.24) is 19.7 Å². The third kappa shape index (κ3) is 1.99. The van der Waals surface area contributed by atoms with E-state index in [1.165, 1.54) is 4.68 Å². The number of hydrogen-bond donors (Lipinski definition) is 0. The molecular formula is C10H11ClN4. The van der Waals surface area contributed by atoms with E-state index in [2.05, 4.69) is 28.9 Å². The standard InChI is InChI=1S/C10H11ClN4/c1-7(2)8-6-9(11)15(14-8)10-12-4-3-5-13-10/h3-7H,1-2H3. The number of hydrogen-bond acceptors (Lipinski definition) is 3. The number of rotatable bonds is 2. The Morgan fingerprint density at radius 3 is 2.47 bits per heavy atom. The van der Waals surface area contributed by atoms with Crippen LogP contribution in [-0.4, -0.2) is 19.7 Å². The monoisotopic (exact) mass is 222 g/mol. The highest BCUT2D eigenvalue weighted by molar-refractivity contribution is 6.29. The summed E-state index contributed by atoms with van der Waals surface area (Å²) in [5.41, 5.74) is 0.937. The van der Waals surface area contributed by atoms with E-state index < -0.39 is 0 Å². The third-order valence-electron chi connectivity index (χ3n) is 2.02. The molecule has 78 valence electrons. The predicted octanol–water partition coefficient (Wildman–Crippen LogP) is 2.44. The second kappa shape index (κ2) is 3.98. The quantitative estimate of drug-likeness (QED) is 0.784. The Hall–Kier alpha value is -1.42. The molecule has 0 fully saturated rings. The van der Waals surface area contributed by atoms with E-state index in [1.54, 1.807) is 18.5 Å². The normalized spacial score (nSPS) is 10.9. The molecule has 0 N–H and O–H groups in total. The Balaban J connectivity index is 2.45. The molecule has 0 saturated carbocycles. The van der Waals surface area contributed by atoms with Crippen LogP contribution in [0.4, 0.5) is 0 Å².